The van der Waals surface area contributed by atoms with Crippen LogP contribution >= 0.6 is 0 Å². The van der Waals surface area contributed by atoms with Crippen molar-refractivity contribution in [2.75, 3.05) is 0 Å². The van der Waals surface area contributed by atoms with E-state index in [0.717, 1.165) is 5.57 Å². The van der Waals surface area contributed by atoms with E-state index in [1.165, 1.54) is 6.07 Å². The first-order chi connectivity index (χ1) is 7.47. The van der Waals surface area contributed by atoms with Gasteiger partial charge >= 0.3 is 0 Å². The molecule has 1 aromatic carbocycles. The lowest BCUT2D eigenvalue weighted by Crippen LogP contribution is -1.94. The molecule has 3 heteroatoms. The van der Waals surface area contributed by atoms with Crippen LogP contribution in [0.1, 0.15) is 35.3 Å². The maximum absolute atomic E-state index is 10.8. The van der Waals surface area contributed by atoms with E-state index in [-0.39, 0.29) is 17.1 Å². The zero-order valence-electron chi connectivity index (χ0n) is 9.74. The average molecular weight is 220 g/mol. The standard InChI is InChI=1S/C13H16O3/c1-8(2)4-5-10-12(15)6-9(3)11(7-14)13(10)16/h4,6-7,15-16H,5H2,1-3H3. The maximum atomic E-state index is 10.8. The van der Waals surface area contributed by atoms with E-state index in [2.05, 4.69) is 0 Å². The molecule has 0 heterocycles. The summed E-state index contributed by atoms with van der Waals surface area (Å²) in [5.74, 6) is -0.0944. The Labute approximate surface area is 95.0 Å². The van der Waals surface area contributed by atoms with Crippen LogP contribution < -0.4 is 0 Å². The third-order valence-electron chi connectivity index (χ3n) is 2.46. The highest BCUT2D eigenvalue weighted by Crippen LogP contribution is 2.33. The van der Waals surface area contributed by atoms with Gasteiger partial charge in [0.1, 0.15) is 11.5 Å². The highest BCUT2D eigenvalue weighted by atomic mass is 16.3. The summed E-state index contributed by atoms with van der Waals surface area (Å²) >= 11 is 0. The molecule has 86 valence electrons. The van der Waals surface area contributed by atoms with Gasteiger partial charge < -0.3 is 10.2 Å². The Balaban J connectivity index is 3.28. The van der Waals surface area contributed by atoms with Crippen molar-refractivity contribution in [2.45, 2.75) is 27.2 Å². The Morgan fingerprint density at radius 2 is 2.00 bits per heavy atom. The predicted molar refractivity (Wildman–Crippen MR) is 63.0 cm³/mol. The van der Waals surface area contributed by atoms with Gasteiger partial charge in [-0.05, 0) is 38.8 Å². The summed E-state index contributed by atoms with van der Waals surface area (Å²) in [5.41, 5.74) is 2.31. The van der Waals surface area contributed by atoms with Crippen LogP contribution in [-0.2, 0) is 6.42 Å². The number of hydrogen-bond donors (Lipinski definition) is 2. The van der Waals surface area contributed by atoms with E-state index in [0.29, 0.717) is 23.8 Å². The molecule has 0 unspecified atom stereocenters. The van der Waals surface area contributed by atoms with Crippen LogP contribution in [0.15, 0.2) is 17.7 Å². The van der Waals surface area contributed by atoms with E-state index in [1.807, 2.05) is 19.9 Å². The monoisotopic (exact) mass is 220 g/mol. The molecule has 1 aromatic rings. The van der Waals surface area contributed by atoms with Crippen LogP contribution in [0.5, 0.6) is 11.5 Å². The summed E-state index contributed by atoms with van der Waals surface area (Å²) < 4.78 is 0. The van der Waals surface area contributed by atoms with Crippen molar-refractivity contribution in [1.82, 2.24) is 0 Å². The number of phenolic OH excluding ortho intramolecular Hbond substituents is 2. The molecule has 0 bridgehead atoms. The third kappa shape index (κ3) is 2.42. The summed E-state index contributed by atoms with van der Waals surface area (Å²) in [6.45, 7) is 5.54. The van der Waals surface area contributed by atoms with Crippen molar-refractivity contribution in [2.24, 2.45) is 0 Å². The van der Waals surface area contributed by atoms with Gasteiger partial charge in [-0.2, -0.15) is 0 Å². The van der Waals surface area contributed by atoms with Crippen molar-refractivity contribution in [1.29, 1.82) is 0 Å². The summed E-state index contributed by atoms with van der Waals surface area (Å²) in [6, 6.07) is 1.50. The lowest BCUT2D eigenvalue weighted by molar-refractivity contribution is 0.112. The van der Waals surface area contributed by atoms with E-state index in [9.17, 15) is 15.0 Å². The fraction of sp³-hybridized carbons (Fsp3) is 0.308. The molecular weight excluding hydrogens is 204 g/mol. The molecular formula is C13H16O3. The predicted octanol–water partition coefficient (Wildman–Crippen LogP) is 2.73. The van der Waals surface area contributed by atoms with Gasteiger partial charge in [0.05, 0.1) is 5.56 Å². The quantitative estimate of drug-likeness (QED) is 0.608. The Morgan fingerprint density at radius 3 is 2.50 bits per heavy atom. The molecule has 0 radical (unpaired) electrons. The first kappa shape index (κ1) is 12.3. The largest absolute Gasteiger partial charge is 0.508 e. The minimum absolute atomic E-state index is 0.0260. The highest BCUT2D eigenvalue weighted by molar-refractivity contribution is 5.83. The Bertz CT molecular complexity index is 441. The second-order valence-electron chi connectivity index (χ2n) is 4.06. The maximum Gasteiger partial charge on any atom is 0.154 e. The minimum Gasteiger partial charge on any atom is -0.508 e. The molecule has 0 spiro atoms. The first-order valence-electron chi connectivity index (χ1n) is 5.10. The number of aldehydes is 1. The third-order valence-corrected chi connectivity index (χ3v) is 2.46. The Hall–Kier alpha value is -1.77. The molecule has 0 aliphatic carbocycles. The van der Waals surface area contributed by atoms with Crippen molar-refractivity contribution in [3.63, 3.8) is 0 Å². The fourth-order valence-electron chi connectivity index (χ4n) is 1.50. The van der Waals surface area contributed by atoms with E-state index in [1.54, 1.807) is 6.92 Å². The van der Waals surface area contributed by atoms with E-state index < -0.39 is 0 Å². The normalized spacial score (nSPS) is 9.94. The molecule has 0 amide bonds. The molecule has 1 rings (SSSR count). The number of carbonyl (C=O) groups excluding carboxylic acids is 1. The average Bonchev–Trinajstić information content (AvgIpc) is 2.16. The topological polar surface area (TPSA) is 57.5 Å². The van der Waals surface area contributed by atoms with Crippen LogP contribution in [0.4, 0.5) is 0 Å². The summed E-state index contributed by atoms with van der Waals surface area (Å²) in [5, 5.41) is 19.5. The number of benzene rings is 1. The molecule has 2 N–H and O–H groups in total. The van der Waals surface area contributed by atoms with Crippen LogP contribution in [0.2, 0.25) is 0 Å². The number of carbonyl (C=O) groups is 1. The van der Waals surface area contributed by atoms with Gasteiger partial charge in [0.15, 0.2) is 6.29 Å². The number of rotatable bonds is 3. The van der Waals surface area contributed by atoms with Gasteiger partial charge in [0.2, 0.25) is 0 Å². The van der Waals surface area contributed by atoms with Crippen LogP contribution in [0, 0.1) is 6.92 Å². The zero-order valence-corrected chi connectivity index (χ0v) is 9.74. The molecule has 3 nitrogen and oxygen atoms in total. The number of phenols is 2. The van der Waals surface area contributed by atoms with Crippen molar-refractivity contribution in [3.8, 4) is 11.5 Å². The fourth-order valence-corrected chi connectivity index (χ4v) is 1.50. The molecule has 0 aliphatic rings. The van der Waals surface area contributed by atoms with E-state index >= 15 is 0 Å². The molecule has 0 fully saturated rings. The number of allylic oxidation sites excluding steroid dienone is 2. The van der Waals surface area contributed by atoms with Crippen LogP contribution in [0.25, 0.3) is 0 Å². The van der Waals surface area contributed by atoms with Gasteiger partial charge in [0.25, 0.3) is 0 Å². The molecule has 0 aromatic heterocycles. The van der Waals surface area contributed by atoms with Gasteiger partial charge in [0, 0.05) is 5.56 Å². The van der Waals surface area contributed by atoms with Crippen molar-refractivity contribution in [3.05, 3.63) is 34.4 Å². The number of hydrogen-bond acceptors (Lipinski definition) is 3. The Morgan fingerprint density at radius 1 is 1.38 bits per heavy atom. The van der Waals surface area contributed by atoms with Crippen molar-refractivity contribution >= 4 is 6.29 Å². The van der Waals surface area contributed by atoms with Gasteiger partial charge in [-0.1, -0.05) is 11.6 Å². The lowest BCUT2D eigenvalue weighted by Gasteiger charge is -2.10. The van der Waals surface area contributed by atoms with Crippen LogP contribution in [0.3, 0.4) is 0 Å². The zero-order chi connectivity index (χ0) is 12.3. The summed E-state index contributed by atoms with van der Waals surface area (Å²) in [4.78, 5) is 10.8. The van der Waals surface area contributed by atoms with Gasteiger partial charge in [-0.15, -0.1) is 0 Å². The Kier molecular flexibility index (Phi) is 3.72. The van der Waals surface area contributed by atoms with Gasteiger partial charge in [-0.25, -0.2) is 0 Å². The first-order valence-corrected chi connectivity index (χ1v) is 5.10. The molecule has 0 atom stereocenters. The molecule has 0 saturated heterocycles. The smallest absolute Gasteiger partial charge is 0.154 e. The van der Waals surface area contributed by atoms with Crippen LogP contribution in [-0.4, -0.2) is 16.5 Å². The van der Waals surface area contributed by atoms with Crippen molar-refractivity contribution < 1.29 is 15.0 Å². The second-order valence-corrected chi connectivity index (χ2v) is 4.06. The SMILES string of the molecule is CC(C)=CCc1c(O)cc(C)c(C=O)c1O. The summed E-state index contributed by atoms with van der Waals surface area (Å²) in [6.07, 6.45) is 2.91. The molecule has 0 saturated carbocycles. The number of aryl methyl sites for hydroxylation is 1. The minimum atomic E-state index is -0.120. The lowest BCUT2D eigenvalue weighted by atomic mass is 10.00. The van der Waals surface area contributed by atoms with Gasteiger partial charge in [-0.3, -0.25) is 4.79 Å². The molecule has 16 heavy (non-hydrogen) atoms. The van der Waals surface area contributed by atoms with E-state index in [4.69, 9.17) is 0 Å². The second kappa shape index (κ2) is 4.84. The highest BCUT2D eigenvalue weighted by Gasteiger charge is 2.13. The molecule has 0 aliphatic heterocycles. The number of aromatic hydroxyl groups is 2. The summed E-state index contributed by atoms with van der Waals surface area (Å²) in [7, 11) is 0.